The van der Waals surface area contributed by atoms with Crippen LogP contribution < -0.4 is 5.48 Å². The number of nitrogens with one attached hydrogen (secondary N) is 1. The maximum Gasteiger partial charge on any atom is 0.356 e. The van der Waals surface area contributed by atoms with E-state index in [1.807, 2.05) is 5.48 Å². The molecule has 0 spiro atoms. The van der Waals surface area contributed by atoms with Crippen LogP contribution in [0.2, 0.25) is 0 Å². The maximum absolute atomic E-state index is 11.2. The van der Waals surface area contributed by atoms with Crippen LogP contribution in [0.1, 0.15) is 17.4 Å². The second kappa shape index (κ2) is 5.57. The van der Waals surface area contributed by atoms with Gasteiger partial charge in [0, 0.05) is 0 Å². The molecule has 2 N–H and O–H groups in total. The average Bonchev–Trinajstić information content (AvgIpc) is 2.30. The van der Waals surface area contributed by atoms with E-state index in [-0.39, 0.29) is 17.3 Å². The van der Waals surface area contributed by atoms with Crippen LogP contribution in [-0.2, 0) is 4.74 Å². The summed E-state index contributed by atoms with van der Waals surface area (Å²) < 4.78 is 5.14. The van der Waals surface area contributed by atoms with Gasteiger partial charge in [-0.25, -0.2) is 14.8 Å². The highest BCUT2D eigenvalue weighted by atomic mass is 79.9. The molecule has 0 aliphatic carbocycles. The third-order valence-corrected chi connectivity index (χ3v) is 2.28. The molecule has 1 aromatic heterocycles. The topological polar surface area (TPSA) is 83.8 Å². The highest BCUT2D eigenvalue weighted by Gasteiger charge is 2.10. The summed E-state index contributed by atoms with van der Waals surface area (Å²) in [6.45, 7) is 1.55. The van der Waals surface area contributed by atoms with Gasteiger partial charge in [0.25, 0.3) is 0 Å². The minimum absolute atomic E-state index is 0.148. The van der Waals surface area contributed by atoms with Crippen molar-refractivity contribution < 1.29 is 14.7 Å². The summed E-state index contributed by atoms with van der Waals surface area (Å²) in [5, 5.41) is 8.60. The minimum atomic E-state index is -0.543. The molecule has 0 radical (unpaired) electrons. The maximum atomic E-state index is 11.2. The van der Waals surface area contributed by atoms with Gasteiger partial charge in [0.1, 0.15) is 5.84 Å². The quantitative estimate of drug-likeness (QED) is 0.374. The highest BCUT2D eigenvalue weighted by Crippen LogP contribution is 2.23. The third kappa shape index (κ3) is 3.01. The van der Waals surface area contributed by atoms with Crippen LogP contribution in [0.4, 0.5) is 5.82 Å². The normalized spacial score (nSPS) is 11.1. The second-order valence-corrected chi connectivity index (χ2v) is 3.66. The first-order valence-electron chi connectivity index (χ1n) is 4.28. The Labute approximate surface area is 100 Å². The highest BCUT2D eigenvalue weighted by molar-refractivity contribution is 9.10. The number of halogens is 1. The van der Waals surface area contributed by atoms with Gasteiger partial charge in [-0.05, 0) is 35.0 Å². The van der Waals surface area contributed by atoms with Crippen LogP contribution in [0.5, 0.6) is 0 Å². The fourth-order valence-electron chi connectivity index (χ4n) is 0.912. The molecule has 0 aliphatic heterocycles. The number of aliphatic imine (C=N–C) groups is 1. The lowest BCUT2D eigenvalue weighted by atomic mass is 10.3. The number of ether oxygens (including phenoxy) is 1. The number of hydrogen-bond acceptors (Lipinski definition) is 5. The molecule has 0 saturated heterocycles. The van der Waals surface area contributed by atoms with Crippen molar-refractivity contribution in [1.29, 1.82) is 0 Å². The standard InChI is InChI=1S/C9H10BrN3O3/c1-5(13-15)11-8-6(10)3-4-7(12-8)9(14)16-2/h3-4,15H,1-2H3,(H,11,12,13). The van der Waals surface area contributed by atoms with Gasteiger partial charge in [0.2, 0.25) is 0 Å². The molecule has 7 heteroatoms. The Balaban J connectivity index is 3.14. The largest absolute Gasteiger partial charge is 0.464 e. The van der Waals surface area contributed by atoms with Gasteiger partial charge < -0.3 is 4.74 Å². The summed E-state index contributed by atoms with van der Waals surface area (Å²) in [5.41, 5.74) is 2.02. The molecule has 0 unspecified atom stereocenters. The molecule has 0 saturated carbocycles. The minimum Gasteiger partial charge on any atom is -0.464 e. The summed E-state index contributed by atoms with van der Waals surface area (Å²) in [5.74, 6) is -0.00396. The number of pyridine rings is 1. The first-order chi connectivity index (χ1) is 7.58. The predicted octanol–water partition coefficient (Wildman–Crippen LogP) is 1.66. The number of carbonyl (C=O) groups excluding carboxylic acids is 1. The molecule has 6 nitrogen and oxygen atoms in total. The Morgan fingerprint density at radius 3 is 2.88 bits per heavy atom. The van der Waals surface area contributed by atoms with Crippen molar-refractivity contribution >= 4 is 33.6 Å². The molecule has 0 fully saturated rings. The Morgan fingerprint density at radius 1 is 1.62 bits per heavy atom. The van der Waals surface area contributed by atoms with Crippen LogP contribution in [0, 0.1) is 0 Å². The summed E-state index contributed by atoms with van der Waals surface area (Å²) in [6, 6.07) is 3.14. The molecule has 1 aromatic rings. The van der Waals surface area contributed by atoms with Gasteiger partial charge in [0.15, 0.2) is 11.5 Å². The van der Waals surface area contributed by atoms with E-state index in [1.165, 1.54) is 13.2 Å². The van der Waals surface area contributed by atoms with E-state index in [0.717, 1.165) is 0 Å². The van der Waals surface area contributed by atoms with E-state index in [9.17, 15) is 4.79 Å². The van der Waals surface area contributed by atoms with Gasteiger partial charge in [0.05, 0.1) is 11.6 Å². The number of methoxy groups -OCH3 is 1. The summed E-state index contributed by atoms with van der Waals surface area (Å²) in [7, 11) is 1.27. The summed E-state index contributed by atoms with van der Waals surface area (Å²) in [6.07, 6.45) is 0. The molecular formula is C9H10BrN3O3. The van der Waals surface area contributed by atoms with Crippen molar-refractivity contribution in [2.45, 2.75) is 6.92 Å². The van der Waals surface area contributed by atoms with E-state index < -0.39 is 5.97 Å². The molecule has 0 aromatic carbocycles. The van der Waals surface area contributed by atoms with Crippen LogP contribution in [-0.4, -0.2) is 29.1 Å². The van der Waals surface area contributed by atoms with E-state index in [0.29, 0.717) is 4.47 Å². The molecule has 0 aliphatic rings. The van der Waals surface area contributed by atoms with Gasteiger partial charge in [-0.1, -0.05) is 0 Å². The molecule has 0 bridgehead atoms. The molecular weight excluding hydrogens is 278 g/mol. The third-order valence-electron chi connectivity index (χ3n) is 1.66. The van der Waals surface area contributed by atoms with Gasteiger partial charge in [-0.3, -0.25) is 10.7 Å². The first-order valence-corrected chi connectivity index (χ1v) is 5.08. The smallest absolute Gasteiger partial charge is 0.356 e. The van der Waals surface area contributed by atoms with E-state index in [1.54, 1.807) is 13.0 Å². The number of hydrogen-bond donors (Lipinski definition) is 2. The zero-order valence-corrected chi connectivity index (χ0v) is 10.3. The van der Waals surface area contributed by atoms with Crippen molar-refractivity contribution in [3.8, 4) is 0 Å². The molecule has 16 heavy (non-hydrogen) atoms. The van der Waals surface area contributed by atoms with Crippen molar-refractivity contribution in [2.24, 2.45) is 4.99 Å². The van der Waals surface area contributed by atoms with Crippen molar-refractivity contribution in [1.82, 2.24) is 10.5 Å². The average molecular weight is 288 g/mol. The van der Waals surface area contributed by atoms with E-state index in [4.69, 9.17) is 5.21 Å². The molecule has 0 atom stereocenters. The number of hydroxylamine groups is 1. The lowest BCUT2D eigenvalue weighted by molar-refractivity contribution is 0.0594. The van der Waals surface area contributed by atoms with E-state index in [2.05, 4.69) is 30.6 Å². The van der Waals surface area contributed by atoms with Crippen LogP contribution >= 0.6 is 15.9 Å². The SMILES string of the molecule is COC(=O)c1ccc(Br)c(/N=C(/C)NO)n1. The van der Waals surface area contributed by atoms with Crippen LogP contribution in [0.15, 0.2) is 21.6 Å². The number of aromatic nitrogens is 1. The van der Waals surface area contributed by atoms with Crippen molar-refractivity contribution in [3.05, 3.63) is 22.3 Å². The molecule has 0 amide bonds. The Morgan fingerprint density at radius 2 is 2.31 bits per heavy atom. The Hall–Kier alpha value is -1.47. The summed E-state index contributed by atoms with van der Waals surface area (Å²) in [4.78, 5) is 19.1. The lowest BCUT2D eigenvalue weighted by Gasteiger charge is -2.03. The Bertz CT molecular complexity index is 434. The molecule has 1 rings (SSSR count). The number of rotatable bonds is 2. The zero-order valence-electron chi connectivity index (χ0n) is 8.69. The number of nitrogens with zero attached hydrogens (tertiary/aromatic N) is 2. The first kappa shape index (κ1) is 12.6. The van der Waals surface area contributed by atoms with Crippen molar-refractivity contribution in [2.75, 3.05) is 7.11 Å². The number of carbonyl (C=O) groups is 1. The molecule has 86 valence electrons. The van der Waals surface area contributed by atoms with E-state index >= 15 is 0 Å². The molecule has 1 heterocycles. The van der Waals surface area contributed by atoms with Crippen LogP contribution in [0.3, 0.4) is 0 Å². The van der Waals surface area contributed by atoms with Crippen molar-refractivity contribution in [3.63, 3.8) is 0 Å². The zero-order chi connectivity index (χ0) is 12.1. The van der Waals surface area contributed by atoms with Gasteiger partial charge in [-0.15, -0.1) is 0 Å². The predicted molar refractivity (Wildman–Crippen MR) is 61.0 cm³/mol. The van der Waals surface area contributed by atoms with Gasteiger partial charge in [-0.2, -0.15) is 0 Å². The second-order valence-electron chi connectivity index (χ2n) is 2.80. The fraction of sp³-hybridized carbons (Fsp3) is 0.222. The monoisotopic (exact) mass is 287 g/mol. The number of amidine groups is 1. The fourth-order valence-corrected chi connectivity index (χ4v) is 1.22. The lowest BCUT2D eigenvalue weighted by Crippen LogP contribution is -2.14. The van der Waals surface area contributed by atoms with Crippen LogP contribution in [0.25, 0.3) is 0 Å². The summed E-state index contributed by atoms with van der Waals surface area (Å²) >= 11 is 3.23. The Kier molecular flexibility index (Phi) is 4.39. The van der Waals surface area contributed by atoms with Gasteiger partial charge >= 0.3 is 5.97 Å². The number of esters is 1.